The molecule has 0 saturated heterocycles. The molecule has 0 unspecified atom stereocenters. The molecule has 0 atom stereocenters. The normalized spacial score (nSPS) is 10.5. The summed E-state index contributed by atoms with van der Waals surface area (Å²) in [5, 5.41) is 5.95. The minimum Gasteiger partial charge on any atom is -0.348 e. The summed E-state index contributed by atoms with van der Waals surface area (Å²) in [6, 6.07) is 20.8. The first-order chi connectivity index (χ1) is 15.1. The van der Waals surface area contributed by atoms with E-state index in [2.05, 4.69) is 20.6 Å². The van der Waals surface area contributed by atoms with Crippen molar-refractivity contribution in [3.63, 3.8) is 0 Å². The molecule has 4 rings (SSSR count). The van der Waals surface area contributed by atoms with E-state index in [1.165, 1.54) is 30.6 Å². The van der Waals surface area contributed by atoms with E-state index in [4.69, 9.17) is 0 Å². The van der Waals surface area contributed by atoms with Crippen LogP contribution < -0.4 is 10.6 Å². The Kier molecular flexibility index (Phi) is 5.93. The van der Waals surface area contributed by atoms with E-state index < -0.39 is 0 Å². The molecule has 7 heteroatoms. The first-order valence-corrected chi connectivity index (χ1v) is 9.54. The highest BCUT2D eigenvalue weighted by molar-refractivity contribution is 5.94. The zero-order valence-corrected chi connectivity index (χ0v) is 16.3. The second kappa shape index (κ2) is 9.13. The van der Waals surface area contributed by atoms with Crippen LogP contribution in [0.3, 0.4) is 0 Å². The second-order valence-electron chi connectivity index (χ2n) is 6.81. The van der Waals surface area contributed by atoms with Crippen molar-refractivity contribution >= 4 is 17.4 Å². The van der Waals surface area contributed by atoms with Crippen LogP contribution in [0.2, 0.25) is 0 Å². The molecule has 1 aromatic heterocycles. The van der Waals surface area contributed by atoms with Crippen molar-refractivity contribution in [3.8, 4) is 11.3 Å². The molecular weight excluding hydrogens is 398 g/mol. The zero-order valence-electron chi connectivity index (χ0n) is 16.3. The number of benzene rings is 3. The van der Waals surface area contributed by atoms with E-state index in [-0.39, 0.29) is 17.5 Å². The number of halogens is 2. The molecule has 2 N–H and O–H groups in total. The Labute approximate surface area is 177 Å². The van der Waals surface area contributed by atoms with E-state index in [0.29, 0.717) is 29.2 Å². The number of rotatable bonds is 6. The van der Waals surface area contributed by atoms with E-state index in [9.17, 15) is 13.6 Å². The van der Waals surface area contributed by atoms with Gasteiger partial charge in [0.15, 0.2) is 0 Å². The average Bonchev–Trinajstić information content (AvgIpc) is 2.79. The van der Waals surface area contributed by atoms with Crippen molar-refractivity contribution in [1.82, 2.24) is 15.3 Å². The van der Waals surface area contributed by atoms with Crippen molar-refractivity contribution in [1.29, 1.82) is 0 Å². The minimum absolute atomic E-state index is 0.230. The molecule has 1 heterocycles. The Balaban J connectivity index is 1.40. The molecule has 0 fully saturated rings. The Hall–Kier alpha value is -4.13. The fourth-order valence-corrected chi connectivity index (χ4v) is 2.97. The molecule has 0 spiro atoms. The van der Waals surface area contributed by atoms with Crippen LogP contribution in [-0.4, -0.2) is 15.9 Å². The number of nitrogens with one attached hydrogen (secondary N) is 2. The standard InChI is InChI=1S/C24H18F2N4O/c25-19-8-4-16(5-9-19)14-27-24(31)17-6-10-21(11-7-17)30-23-13-22(28-15-29-23)18-2-1-3-20(26)12-18/h1-13,15H,14H2,(H,27,31)(H,28,29,30). The molecule has 0 radical (unpaired) electrons. The Morgan fingerprint density at radius 3 is 2.35 bits per heavy atom. The average molecular weight is 416 g/mol. The van der Waals surface area contributed by atoms with Crippen LogP contribution in [0.25, 0.3) is 11.3 Å². The fourth-order valence-electron chi connectivity index (χ4n) is 2.97. The molecular formula is C24H18F2N4O. The maximum absolute atomic E-state index is 13.5. The molecule has 0 aliphatic heterocycles. The Morgan fingerprint density at radius 1 is 0.839 bits per heavy atom. The summed E-state index contributed by atoms with van der Waals surface area (Å²) >= 11 is 0. The van der Waals surface area contributed by atoms with Crippen LogP contribution in [0.5, 0.6) is 0 Å². The summed E-state index contributed by atoms with van der Waals surface area (Å²) in [6.45, 7) is 0.308. The minimum atomic E-state index is -0.334. The van der Waals surface area contributed by atoms with Gasteiger partial charge in [-0.05, 0) is 54.1 Å². The van der Waals surface area contributed by atoms with Crippen LogP contribution in [-0.2, 0) is 6.54 Å². The van der Waals surface area contributed by atoms with E-state index in [1.807, 2.05) is 0 Å². The van der Waals surface area contributed by atoms with Gasteiger partial charge in [-0.25, -0.2) is 18.7 Å². The van der Waals surface area contributed by atoms with Crippen LogP contribution in [0.15, 0.2) is 85.2 Å². The van der Waals surface area contributed by atoms with Crippen molar-refractivity contribution in [2.75, 3.05) is 5.32 Å². The number of nitrogens with zero attached hydrogens (tertiary/aromatic N) is 2. The molecule has 1 amide bonds. The molecule has 0 aliphatic rings. The van der Waals surface area contributed by atoms with Crippen molar-refractivity contribution in [3.05, 3.63) is 108 Å². The van der Waals surface area contributed by atoms with Gasteiger partial charge in [0, 0.05) is 29.4 Å². The van der Waals surface area contributed by atoms with Crippen molar-refractivity contribution < 1.29 is 13.6 Å². The summed E-state index contributed by atoms with van der Waals surface area (Å²) in [5.74, 6) is -0.335. The highest BCUT2D eigenvalue weighted by atomic mass is 19.1. The van der Waals surface area contributed by atoms with Gasteiger partial charge in [-0.3, -0.25) is 4.79 Å². The molecule has 0 aliphatic carbocycles. The topological polar surface area (TPSA) is 66.9 Å². The lowest BCUT2D eigenvalue weighted by Gasteiger charge is -2.09. The third-order valence-corrected chi connectivity index (χ3v) is 4.57. The second-order valence-corrected chi connectivity index (χ2v) is 6.81. The molecule has 0 saturated carbocycles. The third-order valence-electron chi connectivity index (χ3n) is 4.57. The van der Waals surface area contributed by atoms with Gasteiger partial charge in [-0.15, -0.1) is 0 Å². The maximum Gasteiger partial charge on any atom is 0.251 e. The zero-order chi connectivity index (χ0) is 21.6. The van der Waals surface area contributed by atoms with Gasteiger partial charge in [-0.2, -0.15) is 0 Å². The molecule has 0 bridgehead atoms. The Bertz CT molecular complexity index is 1190. The van der Waals surface area contributed by atoms with Crippen LogP contribution >= 0.6 is 0 Å². The van der Waals surface area contributed by atoms with E-state index >= 15 is 0 Å². The smallest absolute Gasteiger partial charge is 0.251 e. The number of amides is 1. The quantitative estimate of drug-likeness (QED) is 0.459. The first-order valence-electron chi connectivity index (χ1n) is 9.54. The maximum atomic E-state index is 13.5. The first kappa shape index (κ1) is 20.2. The monoisotopic (exact) mass is 416 g/mol. The number of aromatic nitrogens is 2. The third kappa shape index (κ3) is 5.27. The van der Waals surface area contributed by atoms with Gasteiger partial charge in [-0.1, -0.05) is 24.3 Å². The predicted octanol–water partition coefficient (Wildman–Crippen LogP) is 5.10. The number of hydrogen-bond donors (Lipinski definition) is 2. The van der Waals surface area contributed by atoms with Gasteiger partial charge in [0.1, 0.15) is 23.8 Å². The number of carbonyl (C=O) groups is 1. The van der Waals surface area contributed by atoms with E-state index in [1.54, 1.807) is 54.6 Å². The molecule has 154 valence electrons. The summed E-state index contributed by atoms with van der Waals surface area (Å²) in [5.41, 5.74) is 3.29. The fraction of sp³-hybridized carbons (Fsp3) is 0.0417. The molecule has 3 aromatic carbocycles. The predicted molar refractivity (Wildman–Crippen MR) is 115 cm³/mol. The number of hydrogen-bond acceptors (Lipinski definition) is 4. The number of carbonyl (C=O) groups excluding carboxylic acids is 1. The molecule has 4 aromatic rings. The number of anilines is 2. The van der Waals surface area contributed by atoms with E-state index in [0.717, 1.165) is 11.3 Å². The highest BCUT2D eigenvalue weighted by Gasteiger charge is 2.07. The lowest BCUT2D eigenvalue weighted by molar-refractivity contribution is 0.0951. The van der Waals surface area contributed by atoms with Gasteiger partial charge < -0.3 is 10.6 Å². The SMILES string of the molecule is O=C(NCc1ccc(F)cc1)c1ccc(Nc2cc(-c3cccc(F)c3)ncn2)cc1. The summed E-state index contributed by atoms with van der Waals surface area (Å²) in [6.07, 6.45) is 1.40. The van der Waals surface area contributed by atoms with Crippen molar-refractivity contribution in [2.24, 2.45) is 0 Å². The van der Waals surface area contributed by atoms with Gasteiger partial charge in [0.05, 0.1) is 5.69 Å². The van der Waals surface area contributed by atoms with Crippen LogP contribution in [0.1, 0.15) is 15.9 Å². The Morgan fingerprint density at radius 2 is 1.61 bits per heavy atom. The summed E-state index contributed by atoms with van der Waals surface area (Å²) in [7, 11) is 0. The lowest BCUT2D eigenvalue weighted by atomic mass is 10.1. The van der Waals surface area contributed by atoms with Gasteiger partial charge in [0.25, 0.3) is 5.91 Å². The van der Waals surface area contributed by atoms with Gasteiger partial charge >= 0.3 is 0 Å². The summed E-state index contributed by atoms with van der Waals surface area (Å²) in [4.78, 5) is 20.7. The highest BCUT2D eigenvalue weighted by Crippen LogP contribution is 2.22. The largest absolute Gasteiger partial charge is 0.348 e. The lowest BCUT2D eigenvalue weighted by Crippen LogP contribution is -2.22. The molecule has 5 nitrogen and oxygen atoms in total. The molecule has 31 heavy (non-hydrogen) atoms. The van der Waals surface area contributed by atoms with Crippen LogP contribution in [0.4, 0.5) is 20.3 Å². The summed E-state index contributed by atoms with van der Waals surface area (Å²) < 4.78 is 26.4. The van der Waals surface area contributed by atoms with Crippen LogP contribution in [0, 0.1) is 11.6 Å². The van der Waals surface area contributed by atoms with Crippen molar-refractivity contribution in [2.45, 2.75) is 6.54 Å². The van der Waals surface area contributed by atoms with Gasteiger partial charge in [0.2, 0.25) is 0 Å².